The van der Waals surface area contributed by atoms with Gasteiger partial charge in [-0.15, -0.1) is 21.5 Å². The fourth-order valence-corrected chi connectivity index (χ4v) is 5.02. The van der Waals surface area contributed by atoms with Gasteiger partial charge in [0.15, 0.2) is 13.6 Å². The van der Waals surface area contributed by atoms with Crippen LogP contribution in [0.15, 0.2) is 25.3 Å². The Labute approximate surface area is 139 Å². The van der Waals surface area contributed by atoms with Crippen LogP contribution in [0.25, 0.3) is 4.96 Å². The van der Waals surface area contributed by atoms with Gasteiger partial charge in [0.25, 0.3) is 0 Å². The second-order valence-corrected chi connectivity index (χ2v) is 8.73. The number of fused-ring (bicyclic) bond motifs is 1. The molecule has 0 aliphatic rings. The number of thioether (sulfide) groups is 1. The van der Waals surface area contributed by atoms with E-state index >= 15 is 0 Å². The Morgan fingerprint density at radius 2 is 2.14 bits per heavy atom. The standard InChI is InChI=1S/C12H15N5S4/c1-7(2)13-6-8-9(14-10-17(8)4-5-19-10)20-12-16-15-11(18-3)21-12/h4-5,7,13H,6H2,1-3H3. The lowest BCUT2D eigenvalue weighted by molar-refractivity contribution is 0.574. The van der Waals surface area contributed by atoms with Crippen molar-refractivity contribution in [2.75, 3.05) is 6.26 Å². The fourth-order valence-electron chi connectivity index (χ4n) is 1.76. The first-order valence-corrected chi connectivity index (χ1v) is 10.1. The quantitative estimate of drug-likeness (QED) is 0.680. The molecule has 9 heteroatoms. The average molecular weight is 358 g/mol. The van der Waals surface area contributed by atoms with Gasteiger partial charge in [0.2, 0.25) is 0 Å². The molecular weight excluding hydrogens is 342 g/mol. The number of rotatable bonds is 6. The van der Waals surface area contributed by atoms with Crippen LogP contribution in [-0.2, 0) is 6.54 Å². The molecule has 3 aromatic rings. The predicted molar refractivity (Wildman–Crippen MR) is 90.9 cm³/mol. The number of thiazole rings is 1. The maximum absolute atomic E-state index is 4.72. The first-order chi connectivity index (χ1) is 10.2. The van der Waals surface area contributed by atoms with Crippen molar-refractivity contribution in [1.82, 2.24) is 24.9 Å². The summed E-state index contributed by atoms with van der Waals surface area (Å²) in [5.41, 5.74) is 1.19. The van der Waals surface area contributed by atoms with Gasteiger partial charge in [0.05, 0.1) is 5.69 Å². The minimum Gasteiger partial charge on any atom is -0.309 e. The topological polar surface area (TPSA) is 55.1 Å². The van der Waals surface area contributed by atoms with Gasteiger partial charge in [-0.3, -0.25) is 4.40 Å². The zero-order valence-corrected chi connectivity index (χ0v) is 15.1. The largest absolute Gasteiger partial charge is 0.309 e. The number of hydrogen-bond donors (Lipinski definition) is 1. The molecule has 0 bridgehead atoms. The third-order valence-corrected chi connectivity index (χ3v) is 6.48. The van der Waals surface area contributed by atoms with E-state index in [1.807, 2.05) is 6.26 Å². The van der Waals surface area contributed by atoms with Crippen LogP contribution < -0.4 is 5.32 Å². The second kappa shape index (κ2) is 6.66. The Morgan fingerprint density at radius 1 is 1.33 bits per heavy atom. The lowest BCUT2D eigenvalue weighted by Crippen LogP contribution is -2.22. The van der Waals surface area contributed by atoms with Crippen molar-refractivity contribution in [2.45, 2.75) is 40.1 Å². The van der Waals surface area contributed by atoms with Gasteiger partial charge >= 0.3 is 0 Å². The summed E-state index contributed by atoms with van der Waals surface area (Å²) in [7, 11) is 0. The van der Waals surface area contributed by atoms with Crippen molar-refractivity contribution >= 4 is 51.2 Å². The Balaban J connectivity index is 1.89. The Morgan fingerprint density at radius 3 is 2.86 bits per heavy atom. The molecule has 0 aliphatic carbocycles. The van der Waals surface area contributed by atoms with E-state index in [9.17, 15) is 0 Å². The highest BCUT2D eigenvalue weighted by Crippen LogP contribution is 2.35. The number of nitrogens with zero attached hydrogens (tertiary/aromatic N) is 4. The molecule has 0 amide bonds. The van der Waals surface area contributed by atoms with Gasteiger partial charge in [-0.2, -0.15) is 0 Å². The molecule has 5 nitrogen and oxygen atoms in total. The van der Waals surface area contributed by atoms with E-state index in [4.69, 9.17) is 4.98 Å². The van der Waals surface area contributed by atoms with Crippen molar-refractivity contribution in [3.63, 3.8) is 0 Å². The zero-order chi connectivity index (χ0) is 14.8. The highest BCUT2D eigenvalue weighted by molar-refractivity contribution is 8.03. The summed E-state index contributed by atoms with van der Waals surface area (Å²) in [6.45, 7) is 5.09. The van der Waals surface area contributed by atoms with Crippen molar-refractivity contribution < 1.29 is 0 Å². The summed E-state index contributed by atoms with van der Waals surface area (Å²) in [5, 5.41) is 14.9. The normalized spacial score (nSPS) is 11.8. The highest BCUT2D eigenvalue weighted by atomic mass is 32.2. The minimum atomic E-state index is 0.441. The molecule has 0 fully saturated rings. The maximum atomic E-state index is 4.72. The number of imidazole rings is 1. The molecule has 3 rings (SSSR count). The second-order valence-electron chi connectivity index (χ2n) is 4.59. The Hall–Kier alpha value is -0.610. The number of hydrogen-bond acceptors (Lipinski definition) is 8. The van der Waals surface area contributed by atoms with E-state index in [0.29, 0.717) is 6.04 Å². The summed E-state index contributed by atoms with van der Waals surface area (Å²) < 4.78 is 4.08. The summed E-state index contributed by atoms with van der Waals surface area (Å²) in [6, 6.07) is 0.441. The molecule has 0 aromatic carbocycles. The van der Waals surface area contributed by atoms with E-state index < -0.39 is 0 Å². The Kier molecular flexibility index (Phi) is 4.85. The van der Waals surface area contributed by atoms with Gasteiger partial charge in [-0.1, -0.05) is 36.9 Å². The first kappa shape index (κ1) is 15.3. The Bertz CT molecular complexity index is 729. The van der Waals surface area contributed by atoms with Gasteiger partial charge in [0, 0.05) is 24.2 Å². The molecule has 0 unspecified atom stereocenters. The van der Waals surface area contributed by atoms with Crippen LogP contribution in [0.1, 0.15) is 19.5 Å². The van der Waals surface area contributed by atoms with Crippen LogP contribution in [-0.4, -0.2) is 31.9 Å². The van der Waals surface area contributed by atoms with E-state index in [-0.39, 0.29) is 0 Å². The van der Waals surface area contributed by atoms with Crippen LogP contribution in [0.2, 0.25) is 0 Å². The molecule has 112 valence electrons. The van der Waals surface area contributed by atoms with E-state index in [1.54, 1.807) is 46.2 Å². The molecule has 0 aliphatic heterocycles. The predicted octanol–water partition coefficient (Wildman–Crippen LogP) is 3.62. The van der Waals surface area contributed by atoms with Crippen LogP contribution in [0.4, 0.5) is 0 Å². The third-order valence-electron chi connectivity index (χ3n) is 2.75. The summed E-state index contributed by atoms with van der Waals surface area (Å²) in [6.07, 6.45) is 4.08. The number of aromatic nitrogens is 4. The molecule has 0 spiro atoms. The van der Waals surface area contributed by atoms with Crippen LogP contribution in [0, 0.1) is 0 Å². The summed E-state index contributed by atoms with van der Waals surface area (Å²) in [5.74, 6) is 0. The van der Waals surface area contributed by atoms with Crippen molar-refractivity contribution in [3.05, 3.63) is 17.3 Å². The smallest absolute Gasteiger partial charge is 0.194 e. The first-order valence-electron chi connectivity index (χ1n) is 6.40. The monoisotopic (exact) mass is 357 g/mol. The lowest BCUT2D eigenvalue weighted by atomic mass is 10.3. The van der Waals surface area contributed by atoms with Gasteiger partial charge in [-0.25, -0.2) is 4.98 Å². The van der Waals surface area contributed by atoms with Crippen LogP contribution >= 0.6 is 46.2 Å². The zero-order valence-electron chi connectivity index (χ0n) is 11.9. The average Bonchev–Trinajstić information content (AvgIpc) is 3.13. The van der Waals surface area contributed by atoms with E-state index in [1.165, 1.54) is 5.69 Å². The van der Waals surface area contributed by atoms with Gasteiger partial charge in [0.1, 0.15) is 5.03 Å². The van der Waals surface area contributed by atoms with E-state index in [2.05, 4.69) is 45.3 Å². The van der Waals surface area contributed by atoms with E-state index in [0.717, 1.165) is 25.2 Å². The molecular formula is C12H15N5S4. The summed E-state index contributed by atoms with van der Waals surface area (Å²) >= 11 is 6.48. The van der Waals surface area contributed by atoms with Crippen molar-refractivity contribution in [3.8, 4) is 0 Å². The molecule has 0 saturated heterocycles. The highest BCUT2D eigenvalue weighted by Gasteiger charge is 2.16. The molecule has 0 saturated carbocycles. The molecule has 3 heterocycles. The molecule has 1 N–H and O–H groups in total. The molecule has 0 atom stereocenters. The van der Waals surface area contributed by atoms with Crippen LogP contribution in [0.5, 0.6) is 0 Å². The fraction of sp³-hybridized carbons (Fsp3) is 0.417. The molecule has 21 heavy (non-hydrogen) atoms. The van der Waals surface area contributed by atoms with Crippen LogP contribution in [0.3, 0.4) is 0 Å². The molecule has 3 aromatic heterocycles. The minimum absolute atomic E-state index is 0.441. The number of nitrogens with one attached hydrogen (secondary N) is 1. The van der Waals surface area contributed by atoms with Crippen molar-refractivity contribution in [2.24, 2.45) is 0 Å². The SMILES string of the molecule is CSc1nnc(Sc2nc3sccn3c2CNC(C)C)s1. The lowest BCUT2D eigenvalue weighted by Gasteiger charge is -2.08. The molecule has 0 radical (unpaired) electrons. The third kappa shape index (κ3) is 3.42. The van der Waals surface area contributed by atoms with Gasteiger partial charge < -0.3 is 5.32 Å². The maximum Gasteiger partial charge on any atom is 0.194 e. The summed E-state index contributed by atoms with van der Waals surface area (Å²) in [4.78, 5) is 5.74. The van der Waals surface area contributed by atoms with Gasteiger partial charge in [-0.05, 0) is 18.0 Å². The van der Waals surface area contributed by atoms with Crippen molar-refractivity contribution in [1.29, 1.82) is 0 Å².